The summed E-state index contributed by atoms with van der Waals surface area (Å²) < 4.78 is 0. The Morgan fingerprint density at radius 1 is 1.40 bits per heavy atom. The fourth-order valence-corrected chi connectivity index (χ4v) is 1.57. The largest absolute Gasteiger partial charge is 0.481 e. The van der Waals surface area contributed by atoms with Crippen molar-refractivity contribution in [2.24, 2.45) is 0 Å². The van der Waals surface area contributed by atoms with Crippen molar-refractivity contribution in [3.8, 4) is 0 Å². The van der Waals surface area contributed by atoms with Gasteiger partial charge in [-0.25, -0.2) is 4.79 Å². The maximum Gasteiger partial charge on any atom is 0.315 e. The Kier molecular flexibility index (Phi) is 4.62. The van der Waals surface area contributed by atoms with E-state index >= 15 is 0 Å². The number of hydrogen-bond acceptors (Lipinski definition) is 3. The number of urea groups is 1. The lowest BCUT2D eigenvalue weighted by Gasteiger charge is -2.04. The van der Waals surface area contributed by atoms with Crippen LogP contribution in [0, 0.1) is 0 Å². The molecule has 2 amide bonds. The predicted octanol–water partition coefficient (Wildman–Crippen LogP) is 1.02. The quantitative estimate of drug-likeness (QED) is 0.704. The third kappa shape index (κ3) is 5.02. The third-order valence-corrected chi connectivity index (χ3v) is 2.50. The Labute approximate surface area is 91.1 Å². The Morgan fingerprint density at radius 2 is 2.20 bits per heavy atom. The van der Waals surface area contributed by atoms with Crippen molar-refractivity contribution in [1.29, 1.82) is 0 Å². The van der Waals surface area contributed by atoms with Crippen molar-refractivity contribution in [2.45, 2.75) is 13.0 Å². The maximum absolute atomic E-state index is 11.1. The van der Waals surface area contributed by atoms with Gasteiger partial charge in [0.05, 0.1) is 13.0 Å². The summed E-state index contributed by atoms with van der Waals surface area (Å²) in [4.78, 5) is 22.3. The van der Waals surface area contributed by atoms with E-state index in [2.05, 4.69) is 10.6 Å². The average molecular weight is 228 g/mol. The molecule has 1 aromatic heterocycles. The molecule has 1 aromatic rings. The van der Waals surface area contributed by atoms with Gasteiger partial charge in [0, 0.05) is 11.4 Å². The molecule has 0 aromatic carbocycles. The van der Waals surface area contributed by atoms with E-state index in [1.165, 1.54) is 0 Å². The molecule has 0 fully saturated rings. The smallest absolute Gasteiger partial charge is 0.315 e. The normalized spacial score (nSPS) is 9.60. The van der Waals surface area contributed by atoms with Gasteiger partial charge >= 0.3 is 12.0 Å². The number of carbonyl (C=O) groups is 2. The van der Waals surface area contributed by atoms with Crippen molar-refractivity contribution >= 4 is 23.3 Å². The fraction of sp³-hybridized carbons (Fsp3) is 0.333. The Bertz CT molecular complexity index is 324. The van der Waals surface area contributed by atoms with Gasteiger partial charge in [-0.2, -0.15) is 0 Å². The van der Waals surface area contributed by atoms with E-state index in [1.54, 1.807) is 11.3 Å². The SMILES string of the molecule is O=C(O)CCNC(=O)NCc1cccs1. The zero-order valence-corrected chi connectivity index (χ0v) is 8.84. The standard InChI is InChI=1S/C9H12N2O3S/c12-8(13)3-4-10-9(14)11-6-7-2-1-5-15-7/h1-2,5H,3-4,6H2,(H,12,13)(H2,10,11,14). The number of carbonyl (C=O) groups excluding carboxylic acids is 1. The van der Waals surface area contributed by atoms with Gasteiger partial charge in [0.1, 0.15) is 0 Å². The lowest BCUT2D eigenvalue weighted by atomic mass is 10.4. The lowest BCUT2D eigenvalue weighted by molar-refractivity contribution is -0.136. The van der Waals surface area contributed by atoms with E-state index in [0.29, 0.717) is 6.54 Å². The number of amides is 2. The molecule has 0 aliphatic carbocycles. The second-order valence-corrected chi connectivity index (χ2v) is 3.86. The minimum absolute atomic E-state index is 0.0631. The average Bonchev–Trinajstić information content (AvgIpc) is 2.66. The van der Waals surface area contributed by atoms with Crippen molar-refractivity contribution in [3.05, 3.63) is 22.4 Å². The monoisotopic (exact) mass is 228 g/mol. The first-order valence-electron chi connectivity index (χ1n) is 4.44. The number of aliphatic carboxylic acids is 1. The zero-order chi connectivity index (χ0) is 11.1. The molecule has 5 nitrogen and oxygen atoms in total. The first kappa shape index (κ1) is 11.5. The Morgan fingerprint density at radius 3 is 2.80 bits per heavy atom. The second kappa shape index (κ2) is 6.02. The minimum atomic E-state index is -0.923. The molecule has 1 heterocycles. The van der Waals surface area contributed by atoms with E-state index < -0.39 is 5.97 Å². The van der Waals surface area contributed by atoms with Crippen LogP contribution >= 0.6 is 11.3 Å². The summed E-state index contributed by atoms with van der Waals surface area (Å²) in [6, 6.07) is 3.48. The summed E-state index contributed by atoms with van der Waals surface area (Å²) in [7, 11) is 0. The first-order chi connectivity index (χ1) is 7.18. The number of hydrogen-bond donors (Lipinski definition) is 3. The molecule has 0 aliphatic rings. The highest BCUT2D eigenvalue weighted by molar-refractivity contribution is 7.09. The zero-order valence-electron chi connectivity index (χ0n) is 8.03. The van der Waals surface area contributed by atoms with Crippen LogP contribution in [0.5, 0.6) is 0 Å². The van der Waals surface area contributed by atoms with Crippen LogP contribution in [-0.4, -0.2) is 23.7 Å². The van der Waals surface area contributed by atoms with Gasteiger partial charge in [0.25, 0.3) is 0 Å². The Balaban J connectivity index is 2.11. The van der Waals surface area contributed by atoms with Crippen molar-refractivity contribution in [1.82, 2.24) is 10.6 Å². The first-order valence-corrected chi connectivity index (χ1v) is 5.32. The van der Waals surface area contributed by atoms with E-state index in [0.717, 1.165) is 4.88 Å². The summed E-state index contributed by atoms with van der Waals surface area (Å²) >= 11 is 1.56. The predicted molar refractivity (Wildman–Crippen MR) is 56.8 cm³/mol. The highest BCUT2D eigenvalue weighted by Crippen LogP contribution is 2.06. The molecule has 0 saturated heterocycles. The summed E-state index contributed by atoms with van der Waals surface area (Å²) in [5.41, 5.74) is 0. The van der Waals surface area contributed by atoms with Crippen LogP contribution in [-0.2, 0) is 11.3 Å². The summed E-state index contributed by atoms with van der Waals surface area (Å²) in [5, 5.41) is 15.3. The van der Waals surface area contributed by atoms with Crippen molar-refractivity contribution in [2.75, 3.05) is 6.54 Å². The van der Waals surface area contributed by atoms with Gasteiger partial charge < -0.3 is 15.7 Å². The van der Waals surface area contributed by atoms with Crippen LogP contribution in [0.15, 0.2) is 17.5 Å². The Hall–Kier alpha value is -1.56. The van der Waals surface area contributed by atoms with E-state index in [-0.39, 0.29) is 19.0 Å². The minimum Gasteiger partial charge on any atom is -0.481 e. The number of thiophene rings is 1. The number of carboxylic acids is 1. The van der Waals surface area contributed by atoms with E-state index in [9.17, 15) is 9.59 Å². The summed E-state index contributed by atoms with van der Waals surface area (Å²) in [5.74, 6) is -0.923. The highest BCUT2D eigenvalue weighted by Gasteiger charge is 2.01. The lowest BCUT2D eigenvalue weighted by Crippen LogP contribution is -2.36. The van der Waals surface area contributed by atoms with Crippen LogP contribution in [0.2, 0.25) is 0 Å². The molecular weight excluding hydrogens is 216 g/mol. The molecule has 15 heavy (non-hydrogen) atoms. The van der Waals surface area contributed by atoms with Gasteiger partial charge in [-0.05, 0) is 11.4 Å². The summed E-state index contributed by atoms with van der Waals surface area (Å²) in [6.45, 7) is 0.613. The third-order valence-electron chi connectivity index (χ3n) is 1.63. The number of carboxylic acid groups (broad SMARTS) is 1. The van der Waals surface area contributed by atoms with Crippen LogP contribution in [0.4, 0.5) is 4.79 Å². The van der Waals surface area contributed by atoms with Gasteiger partial charge in [-0.3, -0.25) is 4.79 Å². The van der Waals surface area contributed by atoms with Gasteiger partial charge in [-0.15, -0.1) is 11.3 Å². The van der Waals surface area contributed by atoms with Crippen LogP contribution in [0.3, 0.4) is 0 Å². The van der Waals surface area contributed by atoms with Crippen LogP contribution in [0.1, 0.15) is 11.3 Å². The maximum atomic E-state index is 11.1. The topological polar surface area (TPSA) is 78.4 Å². The molecule has 3 N–H and O–H groups in total. The molecule has 0 spiro atoms. The highest BCUT2D eigenvalue weighted by atomic mass is 32.1. The molecule has 6 heteroatoms. The molecule has 0 radical (unpaired) electrons. The van der Waals surface area contributed by atoms with Crippen molar-refractivity contribution in [3.63, 3.8) is 0 Å². The van der Waals surface area contributed by atoms with Crippen LogP contribution in [0.25, 0.3) is 0 Å². The van der Waals surface area contributed by atoms with Gasteiger partial charge in [0.2, 0.25) is 0 Å². The van der Waals surface area contributed by atoms with E-state index in [4.69, 9.17) is 5.11 Å². The number of rotatable bonds is 5. The van der Waals surface area contributed by atoms with E-state index in [1.807, 2.05) is 17.5 Å². The molecule has 0 bridgehead atoms. The molecular formula is C9H12N2O3S. The van der Waals surface area contributed by atoms with Crippen molar-refractivity contribution < 1.29 is 14.7 Å². The molecule has 82 valence electrons. The molecule has 0 aliphatic heterocycles. The molecule has 1 rings (SSSR count). The van der Waals surface area contributed by atoms with Crippen LogP contribution < -0.4 is 10.6 Å². The molecule has 0 atom stereocenters. The van der Waals surface area contributed by atoms with Gasteiger partial charge in [0.15, 0.2) is 0 Å². The van der Waals surface area contributed by atoms with Gasteiger partial charge in [-0.1, -0.05) is 6.07 Å². The summed E-state index contributed by atoms with van der Waals surface area (Å²) in [6.07, 6.45) is -0.0631. The number of nitrogens with one attached hydrogen (secondary N) is 2. The molecule has 0 saturated carbocycles. The second-order valence-electron chi connectivity index (χ2n) is 2.83. The molecule has 0 unspecified atom stereocenters. The fourth-order valence-electron chi connectivity index (χ4n) is 0.926.